The van der Waals surface area contributed by atoms with Gasteiger partial charge in [-0.15, -0.1) is 0 Å². The maximum absolute atomic E-state index is 15.3. The Bertz CT molecular complexity index is 1710. The first-order valence-electron chi connectivity index (χ1n) is 14.2. The van der Waals surface area contributed by atoms with Crippen LogP contribution in [0, 0.1) is 19.7 Å². The number of carboxylic acid groups (broad SMARTS) is 1. The van der Waals surface area contributed by atoms with Gasteiger partial charge in [0.2, 0.25) is 10.0 Å². The zero-order valence-electron chi connectivity index (χ0n) is 23.9. The van der Waals surface area contributed by atoms with Gasteiger partial charge in [0.15, 0.2) is 0 Å². The summed E-state index contributed by atoms with van der Waals surface area (Å²) in [7, 11) is -3.21. The van der Waals surface area contributed by atoms with Crippen LogP contribution in [0.5, 0.6) is 11.5 Å². The lowest BCUT2D eigenvalue weighted by atomic mass is 9.87. The van der Waals surface area contributed by atoms with E-state index in [0.29, 0.717) is 56.0 Å². The van der Waals surface area contributed by atoms with E-state index < -0.39 is 22.1 Å². The Morgan fingerprint density at radius 2 is 1.88 bits per heavy atom. The predicted molar refractivity (Wildman–Crippen MR) is 159 cm³/mol. The summed E-state index contributed by atoms with van der Waals surface area (Å²) in [4.78, 5) is 11.2. The Hall–Kier alpha value is -3.69. The molecule has 0 saturated carbocycles. The summed E-state index contributed by atoms with van der Waals surface area (Å²) in [6.45, 7) is 5.30. The maximum Gasteiger partial charge on any atom is 0.304 e. The van der Waals surface area contributed by atoms with Gasteiger partial charge in [-0.25, -0.2) is 12.8 Å². The smallest absolute Gasteiger partial charge is 0.304 e. The van der Waals surface area contributed by atoms with Crippen molar-refractivity contribution >= 4 is 21.6 Å². The molecule has 0 radical (unpaired) electrons. The Labute approximate surface area is 245 Å². The molecule has 7 nitrogen and oxygen atoms in total. The number of fused-ring (bicyclic) bond motifs is 2. The molecule has 3 aliphatic rings. The quantitative estimate of drug-likeness (QED) is 0.353. The number of hydrogen-bond donors (Lipinski definition) is 1. The molecule has 2 heterocycles. The Balaban J connectivity index is 1.27. The van der Waals surface area contributed by atoms with Gasteiger partial charge in [0.05, 0.1) is 19.3 Å². The molecular formula is C33H34FNO6S. The molecule has 2 atom stereocenters. The zero-order valence-corrected chi connectivity index (χ0v) is 24.8. The van der Waals surface area contributed by atoms with Crippen molar-refractivity contribution in [1.29, 1.82) is 0 Å². The minimum Gasteiger partial charge on any atom is -0.492 e. The number of aryl methyl sites for hydroxylation is 2. The Kier molecular flexibility index (Phi) is 7.35. The van der Waals surface area contributed by atoms with Gasteiger partial charge in [0.1, 0.15) is 23.4 Å². The fourth-order valence-corrected chi connectivity index (χ4v) is 7.46. The van der Waals surface area contributed by atoms with Crippen molar-refractivity contribution in [2.24, 2.45) is 0 Å². The lowest BCUT2D eigenvalue weighted by Gasteiger charge is -2.25. The lowest BCUT2D eigenvalue weighted by molar-refractivity contribution is -0.137. The Morgan fingerprint density at radius 1 is 1.12 bits per heavy atom. The second-order valence-corrected chi connectivity index (χ2v) is 13.5. The van der Waals surface area contributed by atoms with E-state index in [1.165, 1.54) is 16.6 Å². The topological polar surface area (TPSA) is 93.1 Å². The van der Waals surface area contributed by atoms with Gasteiger partial charge >= 0.3 is 5.97 Å². The molecule has 0 spiro atoms. The van der Waals surface area contributed by atoms with E-state index in [0.717, 1.165) is 44.5 Å². The average Bonchev–Trinajstić information content (AvgIpc) is 3.53. The highest BCUT2D eigenvalue weighted by molar-refractivity contribution is 7.88. The van der Waals surface area contributed by atoms with Crippen LogP contribution in [-0.4, -0.2) is 49.8 Å². The fraction of sp³-hybridized carbons (Fsp3) is 0.364. The molecule has 0 fully saturated rings. The summed E-state index contributed by atoms with van der Waals surface area (Å²) in [5.41, 5.74) is 8.88. The highest BCUT2D eigenvalue weighted by atomic mass is 32.2. The molecule has 3 aromatic carbocycles. The summed E-state index contributed by atoms with van der Waals surface area (Å²) in [5.74, 6) is -0.148. The second kappa shape index (κ2) is 10.9. The zero-order chi connectivity index (χ0) is 29.8. The van der Waals surface area contributed by atoms with Crippen molar-refractivity contribution in [2.45, 2.75) is 51.6 Å². The van der Waals surface area contributed by atoms with E-state index in [1.807, 2.05) is 24.3 Å². The fourth-order valence-electron chi connectivity index (χ4n) is 6.69. The van der Waals surface area contributed by atoms with Crippen LogP contribution in [0.3, 0.4) is 0 Å². The number of hydrogen-bond acceptors (Lipinski definition) is 5. The summed E-state index contributed by atoms with van der Waals surface area (Å²) < 4.78 is 52.7. The third-order valence-electron chi connectivity index (χ3n) is 8.66. The maximum atomic E-state index is 15.3. The minimum absolute atomic E-state index is 0.0103. The molecular weight excluding hydrogens is 557 g/mol. The largest absolute Gasteiger partial charge is 0.492 e. The molecule has 1 unspecified atom stereocenters. The first-order chi connectivity index (χ1) is 20.0. The van der Waals surface area contributed by atoms with Crippen LogP contribution in [-0.2, 0) is 21.2 Å². The number of aliphatic carboxylic acids is 1. The number of sulfonamides is 1. The predicted octanol–water partition coefficient (Wildman–Crippen LogP) is 6.18. The van der Waals surface area contributed by atoms with E-state index in [-0.39, 0.29) is 18.2 Å². The standard InChI is InChI=1S/C33H34FNO6S/c1-19-14-22(21-10-12-35(13-11-21)42(3,38)39)15-20(2)32(19)26-6-8-28(34)33-27(26)7-9-29(33)41-24-4-5-25-23(16-31(36)37)18-40-30(25)17-24/h4-6,8,10,14-15,17,23,29H,7,9,11-13,16,18H2,1-3H3,(H,36,37)/t23?,29-/m1/s1. The molecule has 2 aliphatic heterocycles. The Morgan fingerprint density at radius 3 is 2.55 bits per heavy atom. The third-order valence-corrected chi connectivity index (χ3v) is 9.93. The summed E-state index contributed by atoms with van der Waals surface area (Å²) >= 11 is 0. The summed E-state index contributed by atoms with van der Waals surface area (Å²) in [6, 6.07) is 13.1. The van der Waals surface area contributed by atoms with E-state index >= 15 is 4.39 Å². The van der Waals surface area contributed by atoms with Gasteiger partial charge in [-0.1, -0.05) is 30.3 Å². The molecule has 220 valence electrons. The number of benzene rings is 3. The van der Waals surface area contributed by atoms with Crippen molar-refractivity contribution in [3.8, 4) is 22.6 Å². The van der Waals surface area contributed by atoms with Crippen molar-refractivity contribution in [1.82, 2.24) is 4.31 Å². The molecule has 1 N–H and O–H groups in total. The number of ether oxygens (including phenoxy) is 2. The second-order valence-electron chi connectivity index (χ2n) is 11.5. The van der Waals surface area contributed by atoms with Crippen LogP contribution in [0.25, 0.3) is 16.7 Å². The van der Waals surface area contributed by atoms with Crippen LogP contribution in [0.15, 0.2) is 48.5 Å². The molecule has 0 bridgehead atoms. The molecule has 0 amide bonds. The van der Waals surface area contributed by atoms with Crippen LogP contribution < -0.4 is 9.47 Å². The van der Waals surface area contributed by atoms with Crippen molar-refractivity contribution in [3.63, 3.8) is 0 Å². The van der Waals surface area contributed by atoms with E-state index in [4.69, 9.17) is 14.6 Å². The van der Waals surface area contributed by atoms with Gasteiger partial charge in [-0.2, -0.15) is 4.31 Å². The van der Waals surface area contributed by atoms with E-state index in [9.17, 15) is 13.2 Å². The minimum atomic E-state index is -3.21. The molecule has 9 heteroatoms. The number of carbonyl (C=O) groups is 1. The van der Waals surface area contributed by atoms with Crippen molar-refractivity contribution in [3.05, 3.63) is 87.7 Å². The highest BCUT2D eigenvalue weighted by Crippen LogP contribution is 2.45. The number of nitrogens with zero attached hydrogens (tertiary/aromatic N) is 1. The van der Waals surface area contributed by atoms with Gasteiger partial charge < -0.3 is 14.6 Å². The average molecular weight is 592 g/mol. The number of halogens is 1. The molecule has 42 heavy (non-hydrogen) atoms. The van der Waals surface area contributed by atoms with Gasteiger partial charge in [-0.05, 0) is 84.2 Å². The van der Waals surface area contributed by atoms with Gasteiger partial charge in [-0.3, -0.25) is 4.79 Å². The highest BCUT2D eigenvalue weighted by Gasteiger charge is 2.32. The lowest BCUT2D eigenvalue weighted by Crippen LogP contribution is -2.33. The number of rotatable bonds is 7. The summed E-state index contributed by atoms with van der Waals surface area (Å²) in [6.07, 6.45) is 4.78. The van der Waals surface area contributed by atoms with Crippen LogP contribution >= 0.6 is 0 Å². The van der Waals surface area contributed by atoms with Crippen molar-refractivity contribution < 1.29 is 32.2 Å². The number of carboxylic acids is 1. The first kappa shape index (κ1) is 28.4. The van der Waals surface area contributed by atoms with Gasteiger partial charge in [0.25, 0.3) is 0 Å². The van der Waals surface area contributed by atoms with Crippen LogP contribution in [0.4, 0.5) is 4.39 Å². The normalized spacial score (nSPS) is 20.0. The SMILES string of the molecule is Cc1cc(C2=CCN(S(C)(=O)=O)CC2)cc(C)c1-c1ccc(F)c2c1CC[C@H]2Oc1ccc2c(c1)OCC2CC(=O)O. The van der Waals surface area contributed by atoms with E-state index in [2.05, 4.69) is 26.0 Å². The molecule has 3 aromatic rings. The van der Waals surface area contributed by atoms with E-state index in [1.54, 1.807) is 6.07 Å². The third kappa shape index (κ3) is 5.31. The molecule has 1 aliphatic carbocycles. The molecule has 6 rings (SSSR count). The monoisotopic (exact) mass is 591 g/mol. The van der Waals surface area contributed by atoms with Crippen LogP contribution in [0.2, 0.25) is 0 Å². The van der Waals surface area contributed by atoms with Crippen molar-refractivity contribution in [2.75, 3.05) is 26.0 Å². The molecule has 0 aromatic heterocycles. The molecule has 0 saturated heterocycles. The summed E-state index contributed by atoms with van der Waals surface area (Å²) in [5, 5.41) is 9.17. The van der Waals surface area contributed by atoms with Crippen LogP contribution in [0.1, 0.15) is 64.7 Å². The first-order valence-corrected chi connectivity index (χ1v) is 16.1. The van der Waals surface area contributed by atoms with Gasteiger partial charge in [0, 0.05) is 36.2 Å².